The van der Waals surface area contributed by atoms with Gasteiger partial charge in [0.15, 0.2) is 5.60 Å². The Bertz CT molecular complexity index is 245. The summed E-state index contributed by atoms with van der Waals surface area (Å²) in [6, 6.07) is 0. The third kappa shape index (κ3) is 13.5. The van der Waals surface area contributed by atoms with E-state index in [-0.39, 0.29) is 62.5 Å². The maximum absolute atomic E-state index is 10.3. The molecule has 0 unspecified atom stereocenters. The molecule has 12 heteroatoms. The molecule has 0 fully saturated rings. The number of aliphatic carboxylic acids is 3. The molecule has 0 bridgehead atoms. The Balaban J connectivity index is -0.0000000343. The molecule has 0 aliphatic rings. The van der Waals surface area contributed by atoms with Crippen LogP contribution in [0.4, 0.5) is 0 Å². The molecule has 0 rings (SSSR count). The van der Waals surface area contributed by atoms with E-state index in [9.17, 15) is 14.4 Å². The van der Waals surface area contributed by atoms with Crippen molar-refractivity contribution < 1.29 is 59.6 Å². The Morgan fingerprint density at radius 3 is 1.17 bits per heavy atom. The van der Waals surface area contributed by atoms with Gasteiger partial charge in [-0.3, -0.25) is 9.59 Å². The maximum atomic E-state index is 10.3. The van der Waals surface area contributed by atoms with E-state index in [4.69, 9.17) is 20.4 Å². The first-order chi connectivity index (χ1) is 5.78. The van der Waals surface area contributed by atoms with Crippen molar-refractivity contribution in [2.24, 2.45) is 0 Å². The average Bonchev–Trinajstić information content (AvgIpc) is 1.82. The molecule has 0 aromatic heterocycles. The zero-order valence-electron chi connectivity index (χ0n) is 11.1. The molecule has 0 aromatic carbocycles. The van der Waals surface area contributed by atoms with Gasteiger partial charge in [-0.2, -0.15) is 0 Å². The molecule has 0 amide bonds. The number of hydrogen-bond donors (Lipinski definition) is 4. The second-order valence-electron chi connectivity index (χ2n) is 2.48. The summed E-state index contributed by atoms with van der Waals surface area (Å²) in [6.07, 6.45) is -2.29. The van der Waals surface area contributed by atoms with Gasteiger partial charge in [0, 0.05) is 0 Å². The van der Waals surface area contributed by atoms with E-state index in [1.165, 1.54) is 0 Å². The fourth-order valence-corrected chi connectivity index (χ4v) is 0.714. The van der Waals surface area contributed by atoms with Gasteiger partial charge in [-0.25, -0.2) is 4.79 Å². The topological polar surface area (TPSA) is 258 Å². The Labute approximate surface area is 133 Å². The van der Waals surface area contributed by atoms with Gasteiger partial charge in [0.2, 0.25) is 0 Å². The van der Waals surface area contributed by atoms with E-state index < -0.39 is 36.4 Å². The Morgan fingerprint density at radius 2 is 1.06 bits per heavy atom. The number of aliphatic hydroxyl groups is 1. The van der Waals surface area contributed by atoms with Crippen molar-refractivity contribution in [3.8, 4) is 0 Å². The van der Waals surface area contributed by atoms with Crippen molar-refractivity contribution in [3.05, 3.63) is 0 Å². The molecule has 0 aromatic rings. The smallest absolute Gasteiger partial charge is 1.00 e. The fraction of sp³-hybridized carbons (Fsp3) is 0.500. The molecule has 0 saturated carbocycles. The van der Waals surface area contributed by atoms with Crippen LogP contribution >= 0.6 is 0 Å². The van der Waals surface area contributed by atoms with Crippen LogP contribution in [0.1, 0.15) is 15.7 Å². The van der Waals surface area contributed by atoms with Gasteiger partial charge in [0.25, 0.3) is 0 Å². The third-order valence-electron chi connectivity index (χ3n) is 1.29. The molecule has 110 valence electrons. The van der Waals surface area contributed by atoms with Crippen LogP contribution in [-0.2, 0) is 14.4 Å². The summed E-state index contributed by atoms with van der Waals surface area (Å²) in [7, 11) is 0. The number of carboxylic acid groups (broad SMARTS) is 3. The zero-order chi connectivity index (χ0) is 10.6. The summed E-state index contributed by atoms with van der Waals surface area (Å²) in [5.74, 6) is -5.02. The molecule has 0 saturated heterocycles. The Hall–Kier alpha value is -0.530. The van der Waals surface area contributed by atoms with Crippen LogP contribution in [-0.4, -0.2) is 104 Å². The van der Waals surface area contributed by atoms with Crippen LogP contribution in [0.25, 0.3) is 0 Å². The largest absolute Gasteiger partial charge is 2.00 e. The first-order valence-electron chi connectivity index (χ1n) is 3.17. The second kappa shape index (κ2) is 14.5. The van der Waals surface area contributed by atoms with Crippen molar-refractivity contribution in [1.82, 2.24) is 0 Å². The minimum absolute atomic E-state index is 0. The average molecular weight is 306 g/mol. The maximum Gasteiger partial charge on any atom is 2.00 e. The number of carboxylic acids is 3. The normalized spacial score (nSPS) is 7.83. The molecule has 18 heavy (non-hydrogen) atoms. The second-order valence-corrected chi connectivity index (χ2v) is 2.48. The van der Waals surface area contributed by atoms with Crippen molar-refractivity contribution in [3.63, 3.8) is 0 Å². The van der Waals surface area contributed by atoms with Crippen molar-refractivity contribution in [2.45, 2.75) is 18.4 Å². The molecule has 0 spiro atoms. The van der Waals surface area contributed by atoms with Crippen molar-refractivity contribution >= 4 is 55.6 Å². The van der Waals surface area contributed by atoms with E-state index in [0.29, 0.717) is 0 Å². The predicted octanol–water partition coefficient (Wildman–Crippen LogP) is -4.70. The summed E-state index contributed by atoms with van der Waals surface area (Å²) in [6.45, 7) is 0. The summed E-state index contributed by atoms with van der Waals surface area (Å²) in [4.78, 5) is 30.5. The molecule has 0 aliphatic carbocycles. The van der Waals surface area contributed by atoms with Gasteiger partial charge in [-0.15, -0.1) is 0 Å². The molecule has 0 atom stereocenters. The van der Waals surface area contributed by atoms with E-state index in [0.717, 1.165) is 0 Å². The summed E-state index contributed by atoms with van der Waals surface area (Å²) in [5.41, 5.74) is -2.74. The van der Waals surface area contributed by atoms with Crippen LogP contribution < -0.4 is 0 Å². The molecule has 12 N–H and O–H groups in total. The first-order valence-corrected chi connectivity index (χ1v) is 3.17. The van der Waals surface area contributed by atoms with Gasteiger partial charge >= 0.3 is 55.6 Å². The number of hydrogen-bond acceptors (Lipinski definition) is 4. The minimum Gasteiger partial charge on any atom is -1.00 e. The molecule has 0 radical (unpaired) electrons. The number of carbonyl (C=O) groups is 3. The van der Waals surface area contributed by atoms with E-state index in [1.807, 2.05) is 0 Å². The Kier molecular flexibility index (Phi) is 29.1. The van der Waals surface area contributed by atoms with Gasteiger partial charge < -0.3 is 45.2 Å². The van der Waals surface area contributed by atoms with Crippen LogP contribution in [0.2, 0.25) is 0 Å². The van der Waals surface area contributed by atoms with Crippen LogP contribution in [0.15, 0.2) is 0 Å². The molecular formula is C6H18CaO11. The van der Waals surface area contributed by atoms with Crippen molar-refractivity contribution in [2.75, 3.05) is 0 Å². The monoisotopic (exact) mass is 306 g/mol. The summed E-state index contributed by atoms with van der Waals surface area (Å²) >= 11 is 0. The first kappa shape index (κ1) is 36.0. The molecule has 0 heterocycles. The number of rotatable bonds is 5. The Morgan fingerprint density at radius 1 is 0.833 bits per heavy atom. The molecule has 0 aliphatic heterocycles. The predicted molar refractivity (Wildman–Crippen MR) is 59.5 cm³/mol. The van der Waals surface area contributed by atoms with Gasteiger partial charge in [-0.05, 0) is 0 Å². The SMILES string of the molecule is O.O.O.O.O=C(O)CC(O)(CC(=O)O)C(=O)O.[Ca+2].[H-].[H-]. The molecule has 11 nitrogen and oxygen atoms in total. The van der Waals surface area contributed by atoms with E-state index in [1.54, 1.807) is 0 Å². The minimum atomic E-state index is -2.74. The van der Waals surface area contributed by atoms with Gasteiger partial charge in [0.05, 0.1) is 12.8 Å². The quantitative estimate of drug-likeness (QED) is 0.360. The van der Waals surface area contributed by atoms with Crippen molar-refractivity contribution in [1.29, 1.82) is 0 Å². The summed E-state index contributed by atoms with van der Waals surface area (Å²) < 4.78 is 0. The van der Waals surface area contributed by atoms with Crippen LogP contribution in [0, 0.1) is 0 Å². The van der Waals surface area contributed by atoms with E-state index >= 15 is 0 Å². The standard InChI is InChI=1S/C6H8O7.Ca.4H2O.2H/c7-3(8)1-6(13,5(11)12)2-4(9)10;;;;;;;/h13H,1-2H2,(H,7,8)(H,9,10)(H,11,12);;4*1H2;;/q;+2;;;;;2*-1. The fourth-order valence-electron chi connectivity index (χ4n) is 0.714. The van der Waals surface area contributed by atoms with Gasteiger partial charge in [0.1, 0.15) is 0 Å². The summed E-state index contributed by atoms with van der Waals surface area (Å²) in [5, 5.41) is 33.8. The van der Waals surface area contributed by atoms with Crippen LogP contribution in [0.5, 0.6) is 0 Å². The zero-order valence-corrected chi connectivity index (χ0v) is 11.3. The molecular weight excluding hydrogens is 288 g/mol. The van der Waals surface area contributed by atoms with E-state index in [2.05, 4.69) is 0 Å². The van der Waals surface area contributed by atoms with Gasteiger partial charge in [-0.1, -0.05) is 0 Å². The third-order valence-corrected chi connectivity index (χ3v) is 1.29. The van der Waals surface area contributed by atoms with Crippen LogP contribution in [0.3, 0.4) is 0 Å².